The largest absolute Gasteiger partial charge is 0.339 e. The summed E-state index contributed by atoms with van der Waals surface area (Å²) in [4.78, 5) is 6.41. The van der Waals surface area contributed by atoms with Crippen LogP contribution in [0.3, 0.4) is 0 Å². The Bertz CT molecular complexity index is 806. The molecule has 1 aromatic heterocycles. The second kappa shape index (κ2) is 7.47. The van der Waals surface area contributed by atoms with Crippen molar-refractivity contribution < 1.29 is 0 Å². The Hall–Kier alpha value is -2.37. The van der Waals surface area contributed by atoms with E-state index in [4.69, 9.17) is 23.2 Å². The highest BCUT2D eigenvalue weighted by atomic mass is 35.5. The van der Waals surface area contributed by atoms with Crippen molar-refractivity contribution in [3.8, 4) is 0 Å². The molecule has 0 spiro atoms. The van der Waals surface area contributed by atoms with E-state index >= 15 is 0 Å². The molecule has 1 heterocycles. The molecule has 122 valence electrons. The fourth-order valence-electron chi connectivity index (χ4n) is 2.22. The molecule has 24 heavy (non-hydrogen) atoms. The number of benzene rings is 2. The maximum absolute atomic E-state index is 6.01. The summed E-state index contributed by atoms with van der Waals surface area (Å²) in [5.41, 5.74) is 1.91. The van der Waals surface area contributed by atoms with Gasteiger partial charge in [-0.25, -0.2) is 0 Å². The summed E-state index contributed by atoms with van der Waals surface area (Å²) in [5, 5.41) is 12.3. The number of halogens is 2. The van der Waals surface area contributed by atoms with Crippen molar-refractivity contribution in [3.05, 3.63) is 70.3 Å². The molecule has 0 saturated carbocycles. The monoisotopic (exact) mass is 359 g/mol. The van der Waals surface area contributed by atoms with Gasteiger partial charge in [0.05, 0.1) is 6.20 Å². The van der Waals surface area contributed by atoms with Crippen molar-refractivity contribution in [2.75, 3.05) is 17.3 Å². The average molecular weight is 360 g/mol. The predicted octanol–water partition coefficient (Wildman–Crippen LogP) is 4.56. The van der Waals surface area contributed by atoms with Gasteiger partial charge in [0.25, 0.3) is 0 Å². The van der Waals surface area contributed by atoms with Gasteiger partial charge in [-0.15, -0.1) is 5.10 Å². The number of rotatable bonds is 5. The van der Waals surface area contributed by atoms with Crippen LogP contribution in [-0.4, -0.2) is 22.2 Å². The minimum absolute atomic E-state index is 0.525. The van der Waals surface area contributed by atoms with Crippen LogP contribution in [0.4, 0.5) is 17.5 Å². The predicted molar refractivity (Wildman–Crippen MR) is 98.1 cm³/mol. The fourth-order valence-corrected chi connectivity index (χ4v) is 2.74. The van der Waals surface area contributed by atoms with E-state index in [1.165, 1.54) is 5.56 Å². The van der Waals surface area contributed by atoms with Crippen LogP contribution in [0, 0.1) is 0 Å². The highest BCUT2D eigenvalue weighted by molar-refractivity contribution is 6.35. The molecule has 0 saturated heterocycles. The lowest BCUT2D eigenvalue weighted by molar-refractivity contribution is 0.831. The highest BCUT2D eigenvalue weighted by Gasteiger charge is 2.08. The van der Waals surface area contributed by atoms with Crippen LogP contribution in [0.15, 0.2) is 54.7 Å². The average Bonchev–Trinajstić information content (AvgIpc) is 2.55. The summed E-state index contributed by atoms with van der Waals surface area (Å²) < 4.78 is 0. The van der Waals surface area contributed by atoms with E-state index in [0.29, 0.717) is 28.4 Å². The summed E-state index contributed by atoms with van der Waals surface area (Å²) in [6.45, 7) is 0.689. The Kier molecular flexibility index (Phi) is 5.13. The molecule has 7 heteroatoms. The molecule has 0 aliphatic carbocycles. The SMILES string of the molecule is CN(Cc1ccccc1)c1nncc(Nc2cc(Cl)cc(Cl)c2)n1. The van der Waals surface area contributed by atoms with E-state index in [1.54, 1.807) is 24.4 Å². The Morgan fingerprint density at radius 1 is 1.04 bits per heavy atom. The molecule has 0 amide bonds. The first kappa shape index (κ1) is 16.5. The highest BCUT2D eigenvalue weighted by Crippen LogP contribution is 2.24. The summed E-state index contributed by atoms with van der Waals surface area (Å²) in [6.07, 6.45) is 1.55. The number of hydrogen-bond donors (Lipinski definition) is 1. The van der Waals surface area contributed by atoms with Crippen molar-refractivity contribution >= 4 is 40.7 Å². The first-order chi connectivity index (χ1) is 11.6. The minimum Gasteiger partial charge on any atom is -0.339 e. The van der Waals surface area contributed by atoms with Crippen LogP contribution in [0.5, 0.6) is 0 Å². The van der Waals surface area contributed by atoms with Crippen LogP contribution in [0.2, 0.25) is 10.0 Å². The summed E-state index contributed by atoms with van der Waals surface area (Å²) in [7, 11) is 1.92. The zero-order valence-electron chi connectivity index (χ0n) is 12.9. The molecule has 1 N–H and O–H groups in total. The van der Waals surface area contributed by atoms with Gasteiger partial charge >= 0.3 is 0 Å². The molecule has 3 rings (SSSR count). The molecule has 2 aromatic carbocycles. The first-order valence-electron chi connectivity index (χ1n) is 7.28. The van der Waals surface area contributed by atoms with E-state index in [9.17, 15) is 0 Å². The summed E-state index contributed by atoms with van der Waals surface area (Å²) in [6, 6.07) is 15.3. The summed E-state index contributed by atoms with van der Waals surface area (Å²) in [5.74, 6) is 1.09. The van der Waals surface area contributed by atoms with Crippen LogP contribution in [0.25, 0.3) is 0 Å². The van der Waals surface area contributed by atoms with Crippen molar-refractivity contribution in [2.24, 2.45) is 0 Å². The smallest absolute Gasteiger partial charge is 0.247 e. The molecule has 0 bridgehead atoms. The van der Waals surface area contributed by atoms with Gasteiger partial charge in [-0.3, -0.25) is 0 Å². The fraction of sp³-hybridized carbons (Fsp3) is 0.118. The zero-order chi connectivity index (χ0) is 16.9. The third kappa shape index (κ3) is 4.34. The second-order valence-electron chi connectivity index (χ2n) is 5.27. The van der Waals surface area contributed by atoms with Gasteiger partial charge in [0.1, 0.15) is 0 Å². The molecule has 3 aromatic rings. The normalized spacial score (nSPS) is 10.5. The van der Waals surface area contributed by atoms with Gasteiger partial charge in [0.2, 0.25) is 5.95 Å². The van der Waals surface area contributed by atoms with Crippen molar-refractivity contribution in [3.63, 3.8) is 0 Å². The molecule has 0 unspecified atom stereocenters. The Balaban J connectivity index is 1.76. The Morgan fingerprint density at radius 3 is 2.46 bits per heavy atom. The Morgan fingerprint density at radius 2 is 1.75 bits per heavy atom. The maximum Gasteiger partial charge on any atom is 0.247 e. The second-order valence-corrected chi connectivity index (χ2v) is 6.14. The van der Waals surface area contributed by atoms with Gasteiger partial charge in [-0.05, 0) is 23.8 Å². The quantitative estimate of drug-likeness (QED) is 0.723. The van der Waals surface area contributed by atoms with Crippen LogP contribution < -0.4 is 10.2 Å². The van der Waals surface area contributed by atoms with Crippen molar-refractivity contribution in [1.82, 2.24) is 15.2 Å². The van der Waals surface area contributed by atoms with Gasteiger partial charge in [-0.2, -0.15) is 10.1 Å². The van der Waals surface area contributed by atoms with Gasteiger partial charge in [0.15, 0.2) is 5.82 Å². The van der Waals surface area contributed by atoms with E-state index in [-0.39, 0.29) is 0 Å². The third-order valence-electron chi connectivity index (χ3n) is 3.29. The molecule has 0 atom stereocenters. The number of nitrogens with one attached hydrogen (secondary N) is 1. The molecular weight excluding hydrogens is 345 g/mol. The first-order valence-corrected chi connectivity index (χ1v) is 8.03. The third-order valence-corrected chi connectivity index (χ3v) is 3.72. The Labute approximate surface area is 150 Å². The number of hydrogen-bond acceptors (Lipinski definition) is 5. The molecule has 5 nitrogen and oxygen atoms in total. The van der Waals surface area contributed by atoms with E-state index < -0.39 is 0 Å². The lowest BCUT2D eigenvalue weighted by Gasteiger charge is -2.17. The topological polar surface area (TPSA) is 53.9 Å². The number of nitrogens with zero attached hydrogens (tertiary/aromatic N) is 4. The van der Waals surface area contributed by atoms with Crippen molar-refractivity contribution in [1.29, 1.82) is 0 Å². The molecule has 0 aliphatic rings. The van der Waals surface area contributed by atoms with Crippen LogP contribution in [-0.2, 0) is 6.54 Å². The molecule has 0 fully saturated rings. The van der Waals surface area contributed by atoms with Gasteiger partial charge in [-0.1, -0.05) is 53.5 Å². The summed E-state index contributed by atoms with van der Waals surface area (Å²) >= 11 is 12.0. The lowest BCUT2D eigenvalue weighted by Crippen LogP contribution is -2.19. The van der Waals surface area contributed by atoms with Gasteiger partial charge in [0, 0.05) is 29.3 Å². The maximum atomic E-state index is 6.01. The van der Waals surface area contributed by atoms with Crippen molar-refractivity contribution in [2.45, 2.75) is 6.54 Å². The lowest BCUT2D eigenvalue weighted by atomic mass is 10.2. The van der Waals surface area contributed by atoms with E-state index in [1.807, 2.05) is 30.1 Å². The van der Waals surface area contributed by atoms with E-state index in [0.717, 1.165) is 5.69 Å². The molecular formula is C17H15Cl2N5. The molecule has 0 radical (unpaired) electrons. The molecule has 0 aliphatic heterocycles. The number of anilines is 3. The standard InChI is InChI=1S/C17H15Cl2N5/c1-24(11-12-5-3-2-4-6-12)17-22-16(10-20-23-17)21-15-8-13(18)7-14(19)9-15/h2-10H,11H2,1H3,(H,21,22,23). The number of aromatic nitrogens is 3. The van der Waals surface area contributed by atoms with Crippen LogP contribution >= 0.6 is 23.2 Å². The van der Waals surface area contributed by atoms with Gasteiger partial charge < -0.3 is 10.2 Å². The van der Waals surface area contributed by atoms with E-state index in [2.05, 4.69) is 32.6 Å². The zero-order valence-corrected chi connectivity index (χ0v) is 14.5. The minimum atomic E-state index is 0.525. The van der Waals surface area contributed by atoms with Crippen LogP contribution in [0.1, 0.15) is 5.56 Å².